The van der Waals surface area contributed by atoms with Crippen LogP contribution >= 0.6 is 0 Å². The van der Waals surface area contributed by atoms with E-state index in [1.54, 1.807) is 6.07 Å². The Labute approximate surface area is 62.8 Å². The molecule has 62 valence electrons. The van der Waals surface area contributed by atoms with Gasteiger partial charge in [-0.15, -0.1) is 0 Å². The number of hydrogen-bond acceptors (Lipinski definition) is 3. The number of rotatable bonds is 1. The summed E-state index contributed by atoms with van der Waals surface area (Å²) in [6.07, 6.45) is 2.84. The number of halogens is 1. The minimum Gasteiger partial charge on any atom is -0.478 e. The summed E-state index contributed by atoms with van der Waals surface area (Å²) in [5.74, 6) is -0.942. The normalized spacial score (nSPS) is 7.27. The molecule has 1 heterocycles. The van der Waals surface area contributed by atoms with Gasteiger partial charge in [0.2, 0.25) is 0 Å². The Hall–Kier alpha value is -1.49. The van der Waals surface area contributed by atoms with E-state index in [9.17, 15) is 4.79 Å². The third kappa shape index (κ3) is 3.27. The maximum atomic E-state index is 10.2. The van der Waals surface area contributed by atoms with Gasteiger partial charge in [-0.25, -0.2) is 4.79 Å². The first-order valence-electron chi connectivity index (χ1n) is 2.44. The Bertz CT molecular complexity index is 215. The van der Waals surface area contributed by atoms with Crippen molar-refractivity contribution in [3.05, 3.63) is 30.1 Å². The van der Waals surface area contributed by atoms with Gasteiger partial charge in [-0.2, -0.15) is 0 Å². The molecule has 0 bridgehead atoms. The van der Waals surface area contributed by atoms with Crippen molar-refractivity contribution in [2.75, 3.05) is 0 Å². The standard InChI is InChI=1S/C6H5NO2.FH.H3N/c8-6(9)5-2-1-3-7-4-5;;/h1-4H,(H,8,9);1H;1H3. The van der Waals surface area contributed by atoms with Gasteiger partial charge >= 0.3 is 5.97 Å². The average molecular weight is 160 g/mol. The highest BCUT2D eigenvalue weighted by Crippen LogP contribution is 1.92. The minimum absolute atomic E-state index is 0. The molecule has 0 spiro atoms. The molecule has 0 saturated carbocycles. The largest absolute Gasteiger partial charge is 0.478 e. The van der Waals surface area contributed by atoms with E-state index in [1.807, 2.05) is 0 Å². The van der Waals surface area contributed by atoms with Crippen LogP contribution in [0, 0.1) is 0 Å². The molecule has 1 aromatic rings. The molecule has 0 amide bonds. The molecule has 0 atom stereocenters. The number of nitrogens with zero attached hydrogens (tertiary/aromatic N) is 1. The molecule has 1 rings (SSSR count). The van der Waals surface area contributed by atoms with Crippen LogP contribution in [0.3, 0.4) is 0 Å². The van der Waals surface area contributed by atoms with Crippen LogP contribution in [0.5, 0.6) is 0 Å². The first-order chi connectivity index (χ1) is 4.30. The van der Waals surface area contributed by atoms with E-state index in [1.165, 1.54) is 18.5 Å². The zero-order valence-electron chi connectivity index (χ0n) is 5.73. The fourth-order valence-corrected chi connectivity index (χ4v) is 0.489. The van der Waals surface area contributed by atoms with Gasteiger partial charge in [-0.3, -0.25) is 9.69 Å². The van der Waals surface area contributed by atoms with Crippen molar-refractivity contribution in [1.82, 2.24) is 11.1 Å². The van der Waals surface area contributed by atoms with Gasteiger partial charge in [0, 0.05) is 12.4 Å². The summed E-state index contributed by atoms with van der Waals surface area (Å²) in [6.45, 7) is 0. The van der Waals surface area contributed by atoms with E-state index in [0.717, 1.165) is 0 Å². The molecule has 0 saturated heterocycles. The molecule has 0 unspecified atom stereocenters. The molecule has 0 aromatic carbocycles. The number of carbonyl (C=O) groups is 1. The van der Waals surface area contributed by atoms with Gasteiger partial charge < -0.3 is 11.3 Å². The number of carboxylic acids is 1. The number of aromatic carboxylic acids is 1. The summed E-state index contributed by atoms with van der Waals surface area (Å²) in [5, 5.41) is 8.34. The first-order valence-corrected chi connectivity index (χ1v) is 2.44. The van der Waals surface area contributed by atoms with Gasteiger partial charge in [-0.05, 0) is 12.1 Å². The van der Waals surface area contributed by atoms with E-state index in [0.29, 0.717) is 0 Å². The summed E-state index contributed by atoms with van der Waals surface area (Å²) in [7, 11) is 0. The maximum absolute atomic E-state index is 10.2. The van der Waals surface area contributed by atoms with E-state index in [4.69, 9.17) is 5.11 Å². The molecule has 1 aromatic heterocycles. The van der Waals surface area contributed by atoms with Gasteiger partial charge in [0.25, 0.3) is 0 Å². The SMILES string of the molecule is F.N.O=C(O)c1cccnc1. The van der Waals surface area contributed by atoms with Crippen molar-refractivity contribution in [1.29, 1.82) is 0 Å². The van der Waals surface area contributed by atoms with Crippen molar-refractivity contribution in [2.45, 2.75) is 0 Å². The molecule has 0 fully saturated rings. The Kier molecular flexibility index (Phi) is 5.89. The number of aromatic nitrogens is 1. The Morgan fingerprint density at radius 2 is 2.18 bits per heavy atom. The number of hydrogen-bond donors (Lipinski definition) is 2. The minimum atomic E-state index is -0.942. The van der Waals surface area contributed by atoms with Crippen LogP contribution in [0.2, 0.25) is 0 Å². The van der Waals surface area contributed by atoms with E-state index in [2.05, 4.69) is 4.98 Å². The predicted octanol–water partition coefficient (Wildman–Crippen LogP) is 1.09. The van der Waals surface area contributed by atoms with Crippen LogP contribution in [0.15, 0.2) is 24.5 Å². The third-order valence-corrected chi connectivity index (χ3v) is 0.908. The summed E-state index contributed by atoms with van der Waals surface area (Å²) in [5.41, 5.74) is 0.220. The number of pyridine rings is 1. The summed E-state index contributed by atoms with van der Waals surface area (Å²) in [4.78, 5) is 13.8. The maximum Gasteiger partial charge on any atom is 0.337 e. The molecule has 0 radical (unpaired) electrons. The van der Waals surface area contributed by atoms with Crippen LogP contribution in [0.25, 0.3) is 0 Å². The molecule has 4 N–H and O–H groups in total. The van der Waals surface area contributed by atoms with Gasteiger partial charge in [0.1, 0.15) is 0 Å². The van der Waals surface area contributed by atoms with Gasteiger partial charge in [0.15, 0.2) is 0 Å². The molecular formula is C6H9FN2O2. The van der Waals surface area contributed by atoms with Crippen LogP contribution < -0.4 is 6.15 Å². The summed E-state index contributed by atoms with van der Waals surface area (Å²) < 4.78 is 0. The lowest BCUT2D eigenvalue weighted by atomic mass is 10.3. The topological polar surface area (TPSA) is 85.2 Å². The second kappa shape index (κ2) is 5.31. The Morgan fingerprint density at radius 3 is 2.45 bits per heavy atom. The highest BCUT2D eigenvalue weighted by molar-refractivity contribution is 5.86. The van der Waals surface area contributed by atoms with Crippen molar-refractivity contribution in [3.8, 4) is 0 Å². The number of carboxylic acid groups (broad SMARTS) is 1. The van der Waals surface area contributed by atoms with Crippen LogP contribution in [-0.2, 0) is 0 Å². The second-order valence-corrected chi connectivity index (χ2v) is 1.55. The molecule has 5 heteroatoms. The fourth-order valence-electron chi connectivity index (χ4n) is 0.489. The van der Waals surface area contributed by atoms with E-state index in [-0.39, 0.29) is 16.4 Å². The van der Waals surface area contributed by atoms with Gasteiger partial charge in [-0.1, -0.05) is 0 Å². The van der Waals surface area contributed by atoms with Crippen molar-refractivity contribution in [2.24, 2.45) is 0 Å². The molecule has 0 aliphatic carbocycles. The quantitative estimate of drug-likeness (QED) is 0.644. The summed E-state index contributed by atoms with van der Waals surface area (Å²) >= 11 is 0. The molecular weight excluding hydrogens is 151 g/mol. The molecule has 4 nitrogen and oxygen atoms in total. The molecule has 11 heavy (non-hydrogen) atoms. The summed E-state index contributed by atoms with van der Waals surface area (Å²) in [6, 6.07) is 3.08. The lowest BCUT2D eigenvalue weighted by Crippen LogP contribution is -1.94. The predicted molar refractivity (Wildman–Crippen MR) is 38.7 cm³/mol. The van der Waals surface area contributed by atoms with Crippen LogP contribution in [-0.4, -0.2) is 16.1 Å². The average Bonchev–Trinajstić information content (AvgIpc) is 1.90. The first kappa shape index (κ1) is 12.2. The van der Waals surface area contributed by atoms with Crippen molar-refractivity contribution < 1.29 is 14.6 Å². The second-order valence-electron chi connectivity index (χ2n) is 1.55. The highest BCUT2D eigenvalue weighted by Gasteiger charge is 1.97. The molecule has 0 aliphatic heterocycles. The third-order valence-electron chi connectivity index (χ3n) is 0.908. The van der Waals surface area contributed by atoms with Crippen LogP contribution in [0.4, 0.5) is 4.70 Å². The van der Waals surface area contributed by atoms with Crippen molar-refractivity contribution in [3.63, 3.8) is 0 Å². The van der Waals surface area contributed by atoms with E-state index >= 15 is 0 Å². The Balaban J connectivity index is 0. The zero-order valence-corrected chi connectivity index (χ0v) is 5.73. The molecule has 0 aliphatic rings. The van der Waals surface area contributed by atoms with Crippen molar-refractivity contribution >= 4 is 5.97 Å². The van der Waals surface area contributed by atoms with Crippen LogP contribution in [0.1, 0.15) is 10.4 Å². The smallest absolute Gasteiger partial charge is 0.337 e. The lowest BCUT2D eigenvalue weighted by molar-refractivity contribution is 0.0696. The Morgan fingerprint density at radius 1 is 1.55 bits per heavy atom. The zero-order chi connectivity index (χ0) is 6.69. The van der Waals surface area contributed by atoms with E-state index < -0.39 is 5.97 Å². The lowest BCUT2D eigenvalue weighted by Gasteiger charge is -1.87. The highest BCUT2D eigenvalue weighted by atomic mass is 19.0. The monoisotopic (exact) mass is 160 g/mol. The fraction of sp³-hybridized carbons (Fsp3) is 0. The van der Waals surface area contributed by atoms with Gasteiger partial charge in [0.05, 0.1) is 5.56 Å².